The summed E-state index contributed by atoms with van der Waals surface area (Å²) < 4.78 is 0. The fourth-order valence-electron chi connectivity index (χ4n) is 2.39. The number of benzene rings is 1. The molecule has 1 amide bonds. The number of hydrogen-bond acceptors (Lipinski definition) is 3. The second kappa shape index (κ2) is 7.38. The average Bonchev–Trinajstić information content (AvgIpc) is 3.24. The van der Waals surface area contributed by atoms with Crippen molar-refractivity contribution in [3.8, 4) is 9.75 Å². The largest absolute Gasteiger partial charge is 0.323 e. The van der Waals surface area contributed by atoms with Crippen molar-refractivity contribution in [2.75, 3.05) is 5.32 Å². The van der Waals surface area contributed by atoms with Crippen LogP contribution in [0, 0.1) is 0 Å². The maximum absolute atomic E-state index is 12.1. The summed E-state index contributed by atoms with van der Waals surface area (Å²) in [6, 6.07) is 16.3. The fraction of sp³-hybridized carbons (Fsp3) is 0.190. The van der Waals surface area contributed by atoms with Crippen molar-refractivity contribution >= 4 is 40.3 Å². The second-order valence-corrected chi connectivity index (χ2v) is 8.89. The number of thiophene rings is 2. The summed E-state index contributed by atoms with van der Waals surface area (Å²) in [7, 11) is 0. The van der Waals surface area contributed by atoms with Crippen LogP contribution in [0.2, 0.25) is 0 Å². The monoisotopic (exact) mass is 367 g/mol. The molecular formula is C21H21NOS2. The first-order valence-corrected chi connectivity index (χ1v) is 9.85. The standard InChI is InChI=1S/C21H21NOS2/c1-21(2,3)15-6-8-16(9-7-15)22-20(23)13-11-17-10-12-19(25-17)18-5-4-14-24-18/h4-14H,1-3H3,(H,22,23)/b13-11+. The maximum atomic E-state index is 12.1. The van der Waals surface area contributed by atoms with Gasteiger partial charge >= 0.3 is 0 Å². The van der Waals surface area contributed by atoms with Crippen LogP contribution in [0.5, 0.6) is 0 Å². The Morgan fingerprint density at radius 3 is 2.40 bits per heavy atom. The van der Waals surface area contributed by atoms with E-state index in [1.165, 1.54) is 15.3 Å². The van der Waals surface area contributed by atoms with E-state index in [0.717, 1.165) is 10.6 Å². The number of nitrogens with one attached hydrogen (secondary N) is 1. The number of carbonyl (C=O) groups is 1. The van der Waals surface area contributed by atoms with E-state index < -0.39 is 0 Å². The lowest BCUT2D eigenvalue weighted by Crippen LogP contribution is -2.12. The molecule has 0 fully saturated rings. The summed E-state index contributed by atoms with van der Waals surface area (Å²) in [4.78, 5) is 15.7. The summed E-state index contributed by atoms with van der Waals surface area (Å²) in [6.07, 6.45) is 3.45. The van der Waals surface area contributed by atoms with Crippen molar-refractivity contribution in [2.24, 2.45) is 0 Å². The smallest absolute Gasteiger partial charge is 0.248 e. The molecule has 0 saturated heterocycles. The van der Waals surface area contributed by atoms with E-state index in [1.807, 2.05) is 30.3 Å². The third kappa shape index (κ3) is 4.68. The molecule has 0 spiro atoms. The highest BCUT2D eigenvalue weighted by atomic mass is 32.1. The molecule has 0 saturated carbocycles. The van der Waals surface area contributed by atoms with Crippen LogP contribution in [0.3, 0.4) is 0 Å². The van der Waals surface area contributed by atoms with Gasteiger partial charge in [0.15, 0.2) is 0 Å². The van der Waals surface area contributed by atoms with Crippen molar-refractivity contribution in [1.29, 1.82) is 0 Å². The minimum atomic E-state index is -0.116. The van der Waals surface area contributed by atoms with Gasteiger partial charge in [-0.2, -0.15) is 0 Å². The van der Waals surface area contributed by atoms with Gasteiger partial charge in [-0.3, -0.25) is 4.79 Å². The zero-order valence-corrected chi connectivity index (χ0v) is 16.2. The lowest BCUT2D eigenvalue weighted by Gasteiger charge is -2.19. The van der Waals surface area contributed by atoms with Gasteiger partial charge in [-0.05, 0) is 52.8 Å². The normalized spacial score (nSPS) is 11.8. The topological polar surface area (TPSA) is 29.1 Å². The van der Waals surface area contributed by atoms with Gasteiger partial charge in [0.2, 0.25) is 5.91 Å². The lowest BCUT2D eigenvalue weighted by molar-refractivity contribution is -0.111. The molecule has 2 aromatic heterocycles. The molecule has 3 rings (SSSR count). The Morgan fingerprint density at radius 2 is 1.76 bits per heavy atom. The molecule has 0 atom stereocenters. The number of carbonyl (C=O) groups excluding carboxylic acids is 1. The Kier molecular flexibility index (Phi) is 5.21. The Balaban J connectivity index is 1.61. The number of amides is 1. The molecule has 4 heteroatoms. The molecule has 0 aliphatic carbocycles. The average molecular weight is 368 g/mol. The fourth-order valence-corrected chi connectivity index (χ4v) is 4.13. The summed E-state index contributed by atoms with van der Waals surface area (Å²) in [5.41, 5.74) is 2.18. The molecule has 0 aliphatic heterocycles. The first-order chi connectivity index (χ1) is 11.9. The number of anilines is 1. The van der Waals surface area contributed by atoms with E-state index in [9.17, 15) is 4.79 Å². The molecule has 1 N–H and O–H groups in total. The van der Waals surface area contributed by atoms with Crippen LogP contribution in [0.25, 0.3) is 15.8 Å². The zero-order chi connectivity index (χ0) is 17.9. The summed E-state index contributed by atoms with van der Waals surface area (Å²) >= 11 is 3.41. The third-order valence-electron chi connectivity index (χ3n) is 3.81. The van der Waals surface area contributed by atoms with Crippen LogP contribution in [-0.2, 0) is 10.2 Å². The predicted molar refractivity (Wildman–Crippen MR) is 110 cm³/mol. The SMILES string of the molecule is CC(C)(C)c1ccc(NC(=O)/C=C/c2ccc(-c3cccs3)s2)cc1. The zero-order valence-electron chi connectivity index (χ0n) is 14.6. The van der Waals surface area contributed by atoms with Gasteiger partial charge in [-0.1, -0.05) is 39.0 Å². The highest BCUT2D eigenvalue weighted by Gasteiger charge is 2.12. The highest BCUT2D eigenvalue weighted by Crippen LogP contribution is 2.32. The molecule has 25 heavy (non-hydrogen) atoms. The predicted octanol–water partition coefficient (Wildman–Crippen LogP) is 6.43. The van der Waals surface area contributed by atoms with E-state index in [1.54, 1.807) is 28.7 Å². The molecule has 0 bridgehead atoms. The van der Waals surface area contributed by atoms with E-state index in [2.05, 4.69) is 55.7 Å². The quantitative estimate of drug-likeness (QED) is 0.529. The van der Waals surface area contributed by atoms with Gasteiger partial charge in [-0.25, -0.2) is 0 Å². The van der Waals surface area contributed by atoms with E-state index in [4.69, 9.17) is 0 Å². The molecule has 3 aromatic rings. The summed E-state index contributed by atoms with van der Waals surface area (Å²) in [5, 5.41) is 4.98. The van der Waals surface area contributed by atoms with Gasteiger partial charge in [0.05, 0.1) is 0 Å². The number of rotatable bonds is 4. The third-order valence-corrected chi connectivity index (χ3v) is 5.92. The van der Waals surface area contributed by atoms with E-state index in [0.29, 0.717) is 0 Å². The Labute approximate surface area is 156 Å². The summed E-state index contributed by atoms with van der Waals surface area (Å²) in [5.74, 6) is -0.116. The van der Waals surface area contributed by atoms with Crippen LogP contribution >= 0.6 is 22.7 Å². The van der Waals surface area contributed by atoms with Crippen molar-refractivity contribution in [2.45, 2.75) is 26.2 Å². The molecule has 0 aliphatic rings. The van der Waals surface area contributed by atoms with Gasteiger partial charge in [0.25, 0.3) is 0 Å². The van der Waals surface area contributed by atoms with Crippen molar-refractivity contribution in [3.05, 3.63) is 70.4 Å². The molecule has 2 heterocycles. The van der Waals surface area contributed by atoms with Gasteiger partial charge in [0, 0.05) is 26.4 Å². The minimum Gasteiger partial charge on any atom is -0.323 e. The van der Waals surface area contributed by atoms with Gasteiger partial charge in [0.1, 0.15) is 0 Å². The van der Waals surface area contributed by atoms with Gasteiger partial charge < -0.3 is 5.32 Å². The van der Waals surface area contributed by atoms with Crippen LogP contribution in [-0.4, -0.2) is 5.91 Å². The van der Waals surface area contributed by atoms with E-state index in [-0.39, 0.29) is 11.3 Å². The Bertz CT molecular complexity index is 866. The Morgan fingerprint density at radius 1 is 1.00 bits per heavy atom. The molecule has 0 radical (unpaired) electrons. The van der Waals surface area contributed by atoms with Crippen LogP contribution in [0.15, 0.2) is 60.0 Å². The number of hydrogen-bond donors (Lipinski definition) is 1. The minimum absolute atomic E-state index is 0.113. The molecule has 2 nitrogen and oxygen atoms in total. The van der Waals surface area contributed by atoms with Crippen molar-refractivity contribution in [3.63, 3.8) is 0 Å². The highest BCUT2D eigenvalue weighted by molar-refractivity contribution is 7.21. The van der Waals surface area contributed by atoms with Crippen molar-refractivity contribution in [1.82, 2.24) is 0 Å². The van der Waals surface area contributed by atoms with Crippen molar-refractivity contribution < 1.29 is 4.79 Å². The Hall–Kier alpha value is -2.17. The van der Waals surface area contributed by atoms with Gasteiger partial charge in [-0.15, -0.1) is 22.7 Å². The van der Waals surface area contributed by atoms with Crippen LogP contribution < -0.4 is 5.32 Å². The second-order valence-electron chi connectivity index (χ2n) is 6.83. The summed E-state index contributed by atoms with van der Waals surface area (Å²) in [6.45, 7) is 6.53. The first-order valence-electron chi connectivity index (χ1n) is 8.15. The van der Waals surface area contributed by atoms with E-state index >= 15 is 0 Å². The molecule has 1 aromatic carbocycles. The molecular weight excluding hydrogens is 346 g/mol. The van der Waals surface area contributed by atoms with Crippen LogP contribution in [0.4, 0.5) is 5.69 Å². The molecule has 0 unspecified atom stereocenters. The maximum Gasteiger partial charge on any atom is 0.248 e. The van der Waals surface area contributed by atoms with Crippen LogP contribution in [0.1, 0.15) is 31.2 Å². The first kappa shape index (κ1) is 17.6. The lowest BCUT2D eigenvalue weighted by atomic mass is 9.87. The molecule has 128 valence electrons.